The van der Waals surface area contributed by atoms with E-state index in [4.69, 9.17) is 9.26 Å². The summed E-state index contributed by atoms with van der Waals surface area (Å²) in [7, 11) is 0. The molecule has 0 aliphatic carbocycles. The molecule has 1 aliphatic heterocycles. The summed E-state index contributed by atoms with van der Waals surface area (Å²) in [5.41, 5.74) is 1.50. The second-order valence-electron chi connectivity index (χ2n) is 7.93. The summed E-state index contributed by atoms with van der Waals surface area (Å²) in [6.07, 6.45) is 5.15. The number of rotatable bonds is 4. The van der Waals surface area contributed by atoms with Crippen LogP contribution in [-0.2, 0) is 11.2 Å². The van der Waals surface area contributed by atoms with E-state index >= 15 is 0 Å². The summed E-state index contributed by atoms with van der Waals surface area (Å²) in [5, 5.41) is 5.33. The monoisotopic (exact) mass is 344 g/mol. The van der Waals surface area contributed by atoms with Crippen LogP contribution in [0.1, 0.15) is 52.1 Å². The number of carbonyl (C=O) groups excluding carboxylic acids is 1. The average Bonchev–Trinajstić information content (AvgIpc) is 2.97. The Bertz CT molecular complexity index is 709. The molecule has 3 rings (SSSR count). The Morgan fingerprint density at radius 3 is 2.72 bits per heavy atom. The average molecular weight is 344 g/mol. The van der Waals surface area contributed by atoms with E-state index in [0.717, 1.165) is 55.4 Å². The molecule has 1 aliphatic rings. The summed E-state index contributed by atoms with van der Waals surface area (Å²) in [5.74, 6) is 0.678. The molecule has 5 heteroatoms. The second kappa shape index (κ2) is 7.46. The van der Waals surface area contributed by atoms with E-state index in [1.165, 1.54) is 6.42 Å². The fourth-order valence-electron chi connectivity index (χ4n) is 3.41. The molecule has 1 amide bonds. The fraction of sp³-hybridized carbons (Fsp3) is 0.600. The minimum absolute atomic E-state index is 0.181. The van der Waals surface area contributed by atoms with Crippen LogP contribution in [0.2, 0.25) is 0 Å². The normalized spacial score (nSPS) is 16.4. The molecule has 0 N–H and O–H groups in total. The Balaban J connectivity index is 1.42. The predicted octanol–water partition coefficient (Wildman–Crippen LogP) is 4.80. The SMILES string of the molecule is CC(C)(C)OC(=O)N1CCC(CCCc2noc3ccccc23)CC1. The molecule has 1 aromatic heterocycles. The molecule has 5 nitrogen and oxygen atoms in total. The molecule has 25 heavy (non-hydrogen) atoms. The van der Waals surface area contributed by atoms with Crippen molar-refractivity contribution in [3.8, 4) is 0 Å². The molecular weight excluding hydrogens is 316 g/mol. The van der Waals surface area contributed by atoms with Gasteiger partial charge >= 0.3 is 6.09 Å². The number of aromatic nitrogens is 1. The largest absolute Gasteiger partial charge is 0.444 e. The summed E-state index contributed by atoms with van der Waals surface area (Å²) in [6, 6.07) is 8.02. The van der Waals surface area contributed by atoms with Crippen molar-refractivity contribution < 1.29 is 14.1 Å². The number of fused-ring (bicyclic) bond motifs is 1. The molecule has 1 fully saturated rings. The number of amides is 1. The predicted molar refractivity (Wildman–Crippen MR) is 97.5 cm³/mol. The lowest BCUT2D eigenvalue weighted by atomic mass is 9.91. The Kier molecular flexibility index (Phi) is 5.30. The molecule has 0 bridgehead atoms. The summed E-state index contributed by atoms with van der Waals surface area (Å²) in [4.78, 5) is 13.9. The number of nitrogens with zero attached hydrogens (tertiary/aromatic N) is 2. The molecule has 0 radical (unpaired) electrons. The molecular formula is C20H28N2O3. The standard InChI is InChI=1S/C20H28N2O3/c1-20(2,3)24-19(23)22-13-11-15(12-14-22)7-6-9-17-16-8-4-5-10-18(16)25-21-17/h4-5,8,10,15H,6-7,9,11-14H2,1-3H3. The van der Waals surface area contributed by atoms with Gasteiger partial charge in [0, 0.05) is 18.5 Å². The summed E-state index contributed by atoms with van der Waals surface area (Å²) < 4.78 is 10.8. The van der Waals surface area contributed by atoms with Crippen LogP contribution in [-0.4, -0.2) is 34.8 Å². The van der Waals surface area contributed by atoms with Crippen LogP contribution >= 0.6 is 0 Å². The van der Waals surface area contributed by atoms with Crippen LogP contribution < -0.4 is 0 Å². The van der Waals surface area contributed by atoms with Gasteiger partial charge in [-0.15, -0.1) is 0 Å². The Hall–Kier alpha value is -2.04. The highest BCUT2D eigenvalue weighted by Gasteiger charge is 2.26. The van der Waals surface area contributed by atoms with Crippen molar-refractivity contribution in [1.29, 1.82) is 0 Å². The number of hydrogen-bond donors (Lipinski definition) is 0. The lowest BCUT2D eigenvalue weighted by molar-refractivity contribution is 0.0180. The maximum absolute atomic E-state index is 12.1. The molecule has 1 aromatic carbocycles. The van der Waals surface area contributed by atoms with Gasteiger partial charge in [-0.1, -0.05) is 17.3 Å². The van der Waals surface area contributed by atoms with Crippen molar-refractivity contribution in [1.82, 2.24) is 10.1 Å². The van der Waals surface area contributed by atoms with Gasteiger partial charge in [-0.2, -0.15) is 0 Å². The lowest BCUT2D eigenvalue weighted by Gasteiger charge is -2.33. The number of aryl methyl sites for hydroxylation is 1. The van der Waals surface area contributed by atoms with E-state index in [1.807, 2.05) is 43.9 Å². The molecule has 0 atom stereocenters. The van der Waals surface area contributed by atoms with Crippen LogP contribution in [0, 0.1) is 5.92 Å². The van der Waals surface area contributed by atoms with Crippen LogP contribution in [0.15, 0.2) is 28.8 Å². The third-order valence-electron chi connectivity index (χ3n) is 4.74. The summed E-state index contributed by atoms with van der Waals surface area (Å²) in [6.45, 7) is 7.32. The highest BCUT2D eigenvalue weighted by atomic mass is 16.6. The Morgan fingerprint density at radius 1 is 1.28 bits per heavy atom. The molecule has 0 saturated carbocycles. The van der Waals surface area contributed by atoms with Crippen molar-refractivity contribution in [2.75, 3.05) is 13.1 Å². The van der Waals surface area contributed by atoms with E-state index in [1.54, 1.807) is 0 Å². The van der Waals surface area contributed by atoms with Gasteiger partial charge in [-0.3, -0.25) is 0 Å². The number of likely N-dealkylation sites (tertiary alicyclic amines) is 1. The van der Waals surface area contributed by atoms with Crippen molar-refractivity contribution in [2.45, 2.75) is 58.5 Å². The van der Waals surface area contributed by atoms with Crippen molar-refractivity contribution in [3.63, 3.8) is 0 Å². The topological polar surface area (TPSA) is 55.6 Å². The van der Waals surface area contributed by atoms with Gasteiger partial charge in [0.2, 0.25) is 0 Å². The molecule has 0 spiro atoms. The van der Waals surface area contributed by atoms with Gasteiger partial charge < -0.3 is 14.2 Å². The zero-order valence-electron chi connectivity index (χ0n) is 15.5. The van der Waals surface area contributed by atoms with Crippen molar-refractivity contribution in [3.05, 3.63) is 30.0 Å². The van der Waals surface area contributed by atoms with E-state index < -0.39 is 5.60 Å². The van der Waals surface area contributed by atoms with Gasteiger partial charge in [-0.25, -0.2) is 4.79 Å². The maximum atomic E-state index is 12.1. The number of para-hydroxylation sites is 1. The van der Waals surface area contributed by atoms with Crippen LogP contribution in [0.25, 0.3) is 11.0 Å². The van der Waals surface area contributed by atoms with Gasteiger partial charge in [0.05, 0.1) is 5.69 Å². The number of piperidine rings is 1. The summed E-state index contributed by atoms with van der Waals surface area (Å²) >= 11 is 0. The maximum Gasteiger partial charge on any atom is 0.410 e. The zero-order valence-corrected chi connectivity index (χ0v) is 15.5. The number of benzene rings is 1. The fourth-order valence-corrected chi connectivity index (χ4v) is 3.41. The van der Waals surface area contributed by atoms with E-state index in [0.29, 0.717) is 5.92 Å². The van der Waals surface area contributed by atoms with Crippen LogP contribution in [0.5, 0.6) is 0 Å². The molecule has 136 valence electrons. The molecule has 2 aromatic rings. The first-order valence-corrected chi connectivity index (χ1v) is 9.23. The first-order chi connectivity index (χ1) is 11.9. The molecule has 0 unspecified atom stereocenters. The second-order valence-corrected chi connectivity index (χ2v) is 7.93. The van der Waals surface area contributed by atoms with Gasteiger partial charge in [-0.05, 0) is 70.9 Å². The van der Waals surface area contributed by atoms with Crippen LogP contribution in [0.4, 0.5) is 4.79 Å². The Morgan fingerprint density at radius 2 is 2.00 bits per heavy atom. The van der Waals surface area contributed by atoms with Crippen molar-refractivity contribution in [2.24, 2.45) is 5.92 Å². The number of carbonyl (C=O) groups is 1. The third-order valence-corrected chi connectivity index (χ3v) is 4.74. The van der Waals surface area contributed by atoms with Crippen LogP contribution in [0.3, 0.4) is 0 Å². The number of hydrogen-bond acceptors (Lipinski definition) is 4. The first kappa shape index (κ1) is 17.8. The molecule has 2 heterocycles. The number of ether oxygens (including phenoxy) is 1. The third kappa shape index (κ3) is 4.74. The van der Waals surface area contributed by atoms with Gasteiger partial charge in [0.1, 0.15) is 5.60 Å². The van der Waals surface area contributed by atoms with Gasteiger partial charge in [0.15, 0.2) is 5.58 Å². The van der Waals surface area contributed by atoms with E-state index in [9.17, 15) is 4.79 Å². The quantitative estimate of drug-likeness (QED) is 0.799. The highest BCUT2D eigenvalue weighted by molar-refractivity contribution is 5.79. The minimum Gasteiger partial charge on any atom is -0.444 e. The molecule has 1 saturated heterocycles. The van der Waals surface area contributed by atoms with E-state index in [-0.39, 0.29) is 6.09 Å². The zero-order chi connectivity index (χ0) is 17.9. The van der Waals surface area contributed by atoms with E-state index in [2.05, 4.69) is 11.2 Å². The lowest BCUT2D eigenvalue weighted by Crippen LogP contribution is -2.41. The minimum atomic E-state index is -0.422. The van der Waals surface area contributed by atoms with Gasteiger partial charge in [0.25, 0.3) is 0 Å². The smallest absolute Gasteiger partial charge is 0.410 e. The first-order valence-electron chi connectivity index (χ1n) is 9.23. The Labute approximate surface area is 149 Å². The van der Waals surface area contributed by atoms with Crippen molar-refractivity contribution >= 4 is 17.1 Å². The highest BCUT2D eigenvalue weighted by Crippen LogP contribution is 2.25.